The molecule has 0 saturated heterocycles. The van der Waals surface area contributed by atoms with E-state index in [1.54, 1.807) is 19.1 Å². The molecule has 0 spiro atoms. The number of carbonyl (C=O) groups is 1. The third-order valence-electron chi connectivity index (χ3n) is 2.51. The summed E-state index contributed by atoms with van der Waals surface area (Å²) in [6, 6.07) is 3.36. The summed E-state index contributed by atoms with van der Waals surface area (Å²) in [4.78, 5) is 19.7. The van der Waals surface area contributed by atoms with Gasteiger partial charge in [-0.05, 0) is 25.5 Å². The van der Waals surface area contributed by atoms with Crippen LogP contribution < -0.4 is 5.32 Å². The molecule has 0 bridgehead atoms. The van der Waals surface area contributed by atoms with Gasteiger partial charge in [-0.3, -0.25) is 4.79 Å². The fraction of sp³-hybridized carbons (Fsp3) is 0.333. The van der Waals surface area contributed by atoms with Gasteiger partial charge in [0.25, 0.3) is 5.91 Å². The van der Waals surface area contributed by atoms with Gasteiger partial charge in [-0.15, -0.1) is 0 Å². The Morgan fingerprint density at radius 3 is 2.95 bits per heavy atom. The van der Waals surface area contributed by atoms with Gasteiger partial charge in [0.1, 0.15) is 12.7 Å². The van der Waals surface area contributed by atoms with Crippen LogP contribution in [0.2, 0.25) is 0 Å². The van der Waals surface area contributed by atoms with Gasteiger partial charge in [-0.2, -0.15) is 5.10 Å². The zero-order valence-corrected chi connectivity index (χ0v) is 10.5. The minimum Gasteiger partial charge on any atom is -0.393 e. The molecule has 1 unspecified atom stereocenters. The molecule has 0 aromatic carbocycles. The molecule has 0 aliphatic carbocycles. The van der Waals surface area contributed by atoms with Crippen LogP contribution in [0.1, 0.15) is 23.7 Å². The standard InChI is InChI=1S/C12H15N5O2/c1-9(18)4-5-14-12(19)10-2-3-11(15-6-10)17-8-13-7-16-17/h2-3,6-9,18H,4-5H2,1H3,(H,14,19). The van der Waals surface area contributed by atoms with Gasteiger partial charge in [-0.1, -0.05) is 0 Å². The fourth-order valence-corrected chi connectivity index (χ4v) is 1.48. The number of hydrogen-bond acceptors (Lipinski definition) is 5. The van der Waals surface area contributed by atoms with Crippen LogP contribution in [0.5, 0.6) is 0 Å². The number of nitrogens with one attached hydrogen (secondary N) is 1. The normalized spacial score (nSPS) is 12.1. The Morgan fingerprint density at radius 2 is 2.37 bits per heavy atom. The number of hydrogen-bond donors (Lipinski definition) is 2. The highest BCUT2D eigenvalue weighted by atomic mass is 16.3. The minimum absolute atomic E-state index is 0.210. The first-order valence-corrected chi connectivity index (χ1v) is 5.94. The highest BCUT2D eigenvalue weighted by Gasteiger charge is 2.07. The lowest BCUT2D eigenvalue weighted by molar-refractivity contribution is 0.0945. The molecule has 100 valence electrons. The molecule has 0 aliphatic rings. The maximum atomic E-state index is 11.8. The number of aromatic nitrogens is 4. The van der Waals surface area contributed by atoms with Crippen molar-refractivity contribution in [1.29, 1.82) is 0 Å². The largest absolute Gasteiger partial charge is 0.393 e. The van der Waals surface area contributed by atoms with E-state index < -0.39 is 6.10 Å². The number of pyridine rings is 1. The smallest absolute Gasteiger partial charge is 0.252 e. The van der Waals surface area contributed by atoms with E-state index in [2.05, 4.69) is 20.4 Å². The summed E-state index contributed by atoms with van der Waals surface area (Å²) in [6.45, 7) is 2.11. The summed E-state index contributed by atoms with van der Waals surface area (Å²) < 4.78 is 1.51. The van der Waals surface area contributed by atoms with Gasteiger partial charge in [0.2, 0.25) is 0 Å². The van der Waals surface area contributed by atoms with Gasteiger partial charge < -0.3 is 10.4 Å². The lowest BCUT2D eigenvalue weighted by atomic mass is 10.2. The van der Waals surface area contributed by atoms with Crippen LogP contribution in [0.15, 0.2) is 31.0 Å². The lowest BCUT2D eigenvalue weighted by Crippen LogP contribution is -2.26. The summed E-state index contributed by atoms with van der Waals surface area (Å²) in [6.07, 6.45) is 4.53. The Hall–Kier alpha value is -2.28. The second-order valence-corrected chi connectivity index (χ2v) is 4.14. The van der Waals surface area contributed by atoms with Crippen molar-refractivity contribution in [3.05, 3.63) is 36.5 Å². The predicted octanol–water partition coefficient (Wildman–Crippen LogP) is 0.163. The molecule has 7 heteroatoms. The van der Waals surface area contributed by atoms with Crippen molar-refractivity contribution < 1.29 is 9.90 Å². The van der Waals surface area contributed by atoms with Gasteiger partial charge >= 0.3 is 0 Å². The molecule has 19 heavy (non-hydrogen) atoms. The quantitative estimate of drug-likeness (QED) is 0.800. The maximum Gasteiger partial charge on any atom is 0.252 e. The van der Waals surface area contributed by atoms with Crippen molar-refractivity contribution in [1.82, 2.24) is 25.1 Å². The van der Waals surface area contributed by atoms with Crippen molar-refractivity contribution in [2.24, 2.45) is 0 Å². The summed E-state index contributed by atoms with van der Waals surface area (Å²) in [5.41, 5.74) is 0.467. The van der Waals surface area contributed by atoms with E-state index in [9.17, 15) is 4.79 Å². The first-order valence-electron chi connectivity index (χ1n) is 5.94. The van der Waals surface area contributed by atoms with Crippen molar-refractivity contribution in [3.8, 4) is 5.82 Å². The van der Waals surface area contributed by atoms with E-state index in [0.29, 0.717) is 24.3 Å². The second-order valence-electron chi connectivity index (χ2n) is 4.14. The van der Waals surface area contributed by atoms with Crippen molar-refractivity contribution in [3.63, 3.8) is 0 Å². The number of rotatable bonds is 5. The van der Waals surface area contributed by atoms with Gasteiger partial charge in [0.15, 0.2) is 5.82 Å². The second kappa shape index (κ2) is 6.05. The van der Waals surface area contributed by atoms with Crippen LogP contribution in [0.3, 0.4) is 0 Å². The Bertz CT molecular complexity index is 522. The highest BCUT2D eigenvalue weighted by molar-refractivity contribution is 5.93. The molecule has 2 rings (SSSR count). The third kappa shape index (κ3) is 3.59. The van der Waals surface area contributed by atoms with Crippen molar-refractivity contribution >= 4 is 5.91 Å². The maximum absolute atomic E-state index is 11.8. The first kappa shape index (κ1) is 13.2. The Kier molecular flexibility index (Phi) is 4.19. The number of aliphatic hydroxyl groups is 1. The molecule has 0 saturated carbocycles. The van der Waals surface area contributed by atoms with Crippen molar-refractivity contribution in [2.75, 3.05) is 6.54 Å². The third-order valence-corrected chi connectivity index (χ3v) is 2.51. The molecule has 2 N–H and O–H groups in total. The molecule has 1 amide bonds. The average Bonchev–Trinajstić information content (AvgIpc) is 2.92. The Balaban J connectivity index is 1.96. The van der Waals surface area contributed by atoms with Gasteiger partial charge in [-0.25, -0.2) is 14.6 Å². The van der Waals surface area contributed by atoms with E-state index in [0.717, 1.165) is 0 Å². The van der Waals surface area contributed by atoms with E-state index in [4.69, 9.17) is 5.11 Å². The van der Waals surface area contributed by atoms with Crippen LogP contribution >= 0.6 is 0 Å². The number of nitrogens with zero attached hydrogens (tertiary/aromatic N) is 4. The summed E-state index contributed by atoms with van der Waals surface area (Å²) >= 11 is 0. The topological polar surface area (TPSA) is 92.9 Å². The molecule has 0 aliphatic heterocycles. The zero-order valence-electron chi connectivity index (χ0n) is 10.5. The molecule has 7 nitrogen and oxygen atoms in total. The average molecular weight is 261 g/mol. The SMILES string of the molecule is CC(O)CCNC(=O)c1ccc(-n2cncn2)nc1. The number of aliphatic hydroxyl groups excluding tert-OH is 1. The van der Waals surface area contributed by atoms with Gasteiger partial charge in [0.05, 0.1) is 11.7 Å². The summed E-state index contributed by atoms with van der Waals surface area (Å²) in [5.74, 6) is 0.385. The van der Waals surface area contributed by atoms with Crippen LogP contribution in [0.4, 0.5) is 0 Å². The van der Waals surface area contributed by atoms with Crippen LogP contribution in [-0.2, 0) is 0 Å². The molecule has 2 heterocycles. The van der Waals surface area contributed by atoms with Crippen LogP contribution in [-0.4, -0.2) is 43.4 Å². The van der Waals surface area contributed by atoms with Crippen molar-refractivity contribution in [2.45, 2.75) is 19.4 Å². The molecule has 1 atom stereocenters. The van der Waals surface area contributed by atoms with Crippen LogP contribution in [0.25, 0.3) is 5.82 Å². The van der Waals surface area contributed by atoms with E-state index >= 15 is 0 Å². The molecule has 2 aromatic rings. The number of amides is 1. The summed E-state index contributed by atoms with van der Waals surface area (Å²) in [5, 5.41) is 15.8. The molecule has 0 fully saturated rings. The predicted molar refractivity (Wildman–Crippen MR) is 67.8 cm³/mol. The monoisotopic (exact) mass is 261 g/mol. The lowest BCUT2D eigenvalue weighted by Gasteiger charge is -2.07. The Morgan fingerprint density at radius 1 is 1.53 bits per heavy atom. The highest BCUT2D eigenvalue weighted by Crippen LogP contribution is 2.04. The van der Waals surface area contributed by atoms with E-state index in [1.165, 1.54) is 23.5 Å². The molecule has 2 aromatic heterocycles. The van der Waals surface area contributed by atoms with E-state index in [1.807, 2.05) is 0 Å². The number of carbonyl (C=O) groups excluding carboxylic acids is 1. The minimum atomic E-state index is -0.423. The molecular weight excluding hydrogens is 246 g/mol. The molecule has 0 radical (unpaired) electrons. The zero-order chi connectivity index (χ0) is 13.7. The first-order chi connectivity index (χ1) is 9.16. The van der Waals surface area contributed by atoms with Crippen LogP contribution in [0, 0.1) is 0 Å². The van der Waals surface area contributed by atoms with Gasteiger partial charge in [0, 0.05) is 12.7 Å². The fourth-order valence-electron chi connectivity index (χ4n) is 1.48. The summed E-state index contributed by atoms with van der Waals surface area (Å²) in [7, 11) is 0. The van der Waals surface area contributed by atoms with E-state index in [-0.39, 0.29) is 5.91 Å². The molecular formula is C12H15N5O2. The Labute approximate surface area is 110 Å².